The molecule has 0 amide bonds. The van der Waals surface area contributed by atoms with Gasteiger partial charge in [0.05, 0.1) is 17.4 Å². The molecule has 2 aromatic rings. The summed E-state index contributed by atoms with van der Waals surface area (Å²) in [5, 5.41) is 0. The first kappa shape index (κ1) is 9.93. The van der Waals surface area contributed by atoms with Crippen LogP contribution in [0.25, 0.3) is 11.0 Å². The minimum absolute atomic E-state index is 0.0115. The van der Waals surface area contributed by atoms with E-state index in [1.165, 1.54) is 0 Å². The Hall–Kier alpha value is -1.61. The average molecular weight is 201 g/mol. The fraction of sp³-hybridized carbons (Fsp3) is 0.250. The van der Waals surface area contributed by atoms with E-state index in [4.69, 9.17) is 5.73 Å². The zero-order valence-corrected chi connectivity index (χ0v) is 8.85. The van der Waals surface area contributed by atoms with Gasteiger partial charge in [0.1, 0.15) is 0 Å². The highest BCUT2D eigenvalue weighted by Gasteiger charge is 2.06. The highest BCUT2D eigenvalue weighted by Crippen LogP contribution is 2.12. The van der Waals surface area contributed by atoms with E-state index in [1.807, 2.05) is 37.5 Å². The van der Waals surface area contributed by atoms with Gasteiger partial charge in [-0.2, -0.15) is 0 Å². The van der Waals surface area contributed by atoms with Crippen LogP contribution in [0.5, 0.6) is 0 Å². The van der Waals surface area contributed by atoms with E-state index in [0.717, 1.165) is 23.2 Å². The first-order valence-corrected chi connectivity index (χ1v) is 4.99. The van der Waals surface area contributed by atoms with E-state index < -0.39 is 0 Å². The third-order valence-corrected chi connectivity index (χ3v) is 2.55. The molecule has 0 fully saturated rings. The summed E-state index contributed by atoms with van der Waals surface area (Å²) in [5.74, 6) is 0. The number of benzene rings is 1. The molecule has 0 aliphatic carbocycles. The summed E-state index contributed by atoms with van der Waals surface area (Å²) in [4.78, 5) is 4.31. The molecule has 78 valence electrons. The summed E-state index contributed by atoms with van der Waals surface area (Å²) < 4.78 is 2.06. The van der Waals surface area contributed by atoms with Gasteiger partial charge in [-0.15, -0.1) is 0 Å². The Morgan fingerprint density at radius 3 is 3.00 bits per heavy atom. The van der Waals surface area contributed by atoms with Crippen molar-refractivity contribution in [2.75, 3.05) is 0 Å². The molecule has 0 saturated carbocycles. The Kier molecular flexibility index (Phi) is 2.56. The quantitative estimate of drug-likeness (QED) is 0.771. The number of fused-ring (bicyclic) bond motifs is 1. The highest BCUT2D eigenvalue weighted by atomic mass is 15.1. The first-order chi connectivity index (χ1) is 7.18. The molecule has 3 nitrogen and oxygen atoms in total. The molecule has 1 atom stereocenters. The van der Waals surface area contributed by atoms with E-state index in [2.05, 4.69) is 16.1 Å². The van der Waals surface area contributed by atoms with Gasteiger partial charge in [-0.25, -0.2) is 4.98 Å². The van der Waals surface area contributed by atoms with Crippen molar-refractivity contribution in [3.63, 3.8) is 0 Å². The van der Waals surface area contributed by atoms with Crippen LogP contribution in [0.3, 0.4) is 0 Å². The lowest BCUT2D eigenvalue weighted by molar-refractivity contribution is 0.622. The molecular formula is C12H15N3. The van der Waals surface area contributed by atoms with Crippen LogP contribution < -0.4 is 5.73 Å². The Morgan fingerprint density at radius 2 is 2.27 bits per heavy atom. The van der Waals surface area contributed by atoms with Gasteiger partial charge >= 0.3 is 0 Å². The van der Waals surface area contributed by atoms with Crippen LogP contribution >= 0.6 is 0 Å². The van der Waals surface area contributed by atoms with Crippen LogP contribution in [0, 0.1) is 0 Å². The van der Waals surface area contributed by atoms with Crippen LogP contribution in [0.1, 0.15) is 6.92 Å². The lowest BCUT2D eigenvalue weighted by Crippen LogP contribution is -2.26. The predicted octanol–water partition coefficient (Wildman–Crippen LogP) is 1.94. The number of aromatic nitrogens is 2. The number of rotatable bonds is 3. The molecule has 15 heavy (non-hydrogen) atoms. The fourth-order valence-electron chi connectivity index (χ4n) is 1.52. The van der Waals surface area contributed by atoms with Gasteiger partial charge in [0, 0.05) is 12.6 Å². The van der Waals surface area contributed by atoms with E-state index in [9.17, 15) is 0 Å². The van der Waals surface area contributed by atoms with Gasteiger partial charge in [-0.3, -0.25) is 0 Å². The van der Waals surface area contributed by atoms with Crippen molar-refractivity contribution in [3.8, 4) is 0 Å². The zero-order valence-electron chi connectivity index (χ0n) is 8.85. The normalized spacial score (nSPS) is 12.9. The average Bonchev–Trinajstić information content (AvgIpc) is 2.62. The van der Waals surface area contributed by atoms with E-state index in [0.29, 0.717) is 0 Å². The monoisotopic (exact) mass is 201 g/mol. The molecule has 0 aliphatic heterocycles. The molecule has 1 aromatic carbocycles. The molecule has 0 bridgehead atoms. The summed E-state index contributed by atoms with van der Waals surface area (Å²) in [6, 6.07) is 8.03. The second kappa shape index (κ2) is 3.87. The van der Waals surface area contributed by atoms with Crippen LogP contribution in [0.2, 0.25) is 0 Å². The summed E-state index contributed by atoms with van der Waals surface area (Å²) in [6.45, 7) is 6.54. The third kappa shape index (κ3) is 1.92. The molecule has 1 unspecified atom stereocenters. The third-order valence-electron chi connectivity index (χ3n) is 2.55. The molecule has 2 N–H and O–H groups in total. The minimum atomic E-state index is -0.0115. The van der Waals surface area contributed by atoms with Gasteiger partial charge in [-0.05, 0) is 19.1 Å². The lowest BCUT2D eigenvalue weighted by Gasteiger charge is -2.12. The lowest BCUT2D eigenvalue weighted by atomic mass is 10.1. The van der Waals surface area contributed by atoms with Crippen LogP contribution in [-0.2, 0) is 6.54 Å². The second-order valence-corrected chi connectivity index (χ2v) is 3.84. The summed E-state index contributed by atoms with van der Waals surface area (Å²) in [7, 11) is 0. The Labute approximate surface area is 89.2 Å². The van der Waals surface area contributed by atoms with Gasteiger partial charge in [0.2, 0.25) is 0 Å². The van der Waals surface area contributed by atoms with Crippen molar-refractivity contribution in [2.24, 2.45) is 5.73 Å². The molecule has 2 rings (SSSR count). The standard InChI is InChI=1S/C12H15N3/c1-9(2)10(13)7-15-8-14-11-5-3-4-6-12(11)15/h3-6,8,10H,1,7,13H2,2H3. The topological polar surface area (TPSA) is 43.8 Å². The van der Waals surface area contributed by atoms with Crippen molar-refractivity contribution in [2.45, 2.75) is 19.5 Å². The highest BCUT2D eigenvalue weighted by molar-refractivity contribution is 5.74. The Morgan fingerprint density at radius 1 is 1.53 bits per heavy atom. The fourth-order valence-corrected chi connectivity index (χ4v) is 1.52. The van der Waals surface area contributed by atoms with Gasteiger partial charge in [0.25, 0.3) is 0 Å². The number of hydrogen-bond acceptors (Lipinski definition) is 2. The van der Waals surface area contributed by atoms with E-state index in [-0.39, 0.29) is 6.04 Å². The molecule has 1 heterocycles. The predicted molar refractivity (Wildman–Crippen MR) is 62.5 cm³/mol. The summed E-state index contributed by atoms with van der Waals surface area (Å²) in [6.07, 6.45) is 1.83. The summed E-state index contributed by atoms with van der Waals surface area (Å²) >= 11 is 0. The van der Waals surface area contributed by atoms with Crippen molar-refractivity contribution in [1.29, 1.82) is 0 Å². The van der Waals surface area contributed by atoms with Gasteiger partial charge < -0.3 is 10.3 Å². The molecule has 3 heteroatoms. The second-order valence-electron chi connectivity index (χ2n) is 3.84. The van der Waals surface area contributed by atoms with Gasteiger partial charge in [0.15, 0.2) is 0 Å². The number of para-hydroxylation sites is 2. The summed E-state index contributed by atoms with van der Waals surface area (Å²) in [5.41, 5.74) is 9.07. The maximum atomic E-state index is 5.95. The van der Waals surface area contributed by atoms with Crippen LogP contribution in [0.4, 0.5) is 0 Å². The molecule has 0 spiro atoms. The molecule has 0 aliphatic rings. The van der Waals surface area contributed by atoms with Crippen LogP contribution in [-0.4, -0.2) is 15.6 Å². The molecule has 1 aromatic heterocycles. The molecule has 0 saturated heterocycles. The van der Waals surface area contributed by atoms with Crippen molar-refractivity contribution in [1.82, 2.24) is 9.55 Å². The van der Waals surface area contributed by atoms with Crippen molar-refractivity contribution < 1.29 is 0 Å². The molecule has 0 radical (unpaired) electrons. The SMILES string of the molecule is C=C(C)C(N)Cn1cnc2ccccc21. The minimum Gasteiger partial charge on any atom is -0.329 e. The number of nitrogens with two attached hydrogens (primary N) is 1. The Balaban J connectivity index is 2.32. The van der Waals surface area contributed by atoms with E-state index in [1.54, 1.807) is 0 Å². The van der Waals surface area contributed by atoms with Crippen LogP contribution in [0.15, 0.2) is 42.7 Å². The maximum Gasteiger partial charge on any atom is 0.0958 e. The number of nitrogens with zero attached hydrogens (tertiary/aromatic N) is 2. The van der Waals surface area contributed by atoms with E-state index >= 15 is 0 Å². The Bertz CT molecular complexity index is 484. The smallest absolute Gasteiger partial charge is 0.0958 e. The number of imidazole rings is 1. The first-order valence-electron chi connectivity index (χ1n) is 4.99. The maximum absolute atomic E-state index is 5.95. The van der Waals surface area contributed by atoms with Crippen molar-refractivity contribution in [3.05, 3.63) is 42.7 Å². The van der Waals surface area contributed by atoms with Gasteiger partial charge in [-0.1, -0.05) is 24.3 Å². The largest absolute Gasteiger partial charge is 0.329 e. The number of hydrogen-bond donors (Lipinski definition) is 1. The van der Waals surface area contributed by atoms with Crippen molar-refractivity contribution >= 4 is 11.0 Å². The zero-order chi connectivity index (χ0) is 10.8. The molecular weight excluding hydrogens is 186 g/mol.